The Kier molecular flexibility index (Phi) is 8.78. The SMILES string of the molecule is CC(=O)Oc1cc(Cl)ccc1C(=O)C(C(=O)OC(C)(C)C)=P(c1ccccc1)(c1ccccc1)c1ccccc1. The summed E-state index contributed by atoms with van der Waals surface area (Å²) in [6.07, 6.45) is 0. The van der Waals surface area contributed by atoms with Crippen LogP contribution in [0.3, 0.4) is 0 Å². The molecule has 0 amide bonds. The predicted molar refractivity (Wildman–Crippen MR) is 163 cm³/mol. The van der Waals surface area contributed by atoms with Crippen LogP contribution in [-0.4, -0.2) is 28.6 Å². The molecule has 0 aliphatic rings. The second-order valence-corrected chi connectivity index (χ2v) is 13.9. The van der Waals surface area contributed by atoms with E-state index in [9.17, 15) is 14.4 Å². The minimum Gasteiger partial charge on any atom is -0.456 e. The number of benzene rings is 4. The van der Waals surface area contributed by atoms with Crippen molar-refractivity contribution in [3.63, 3.8) is 0 Å². The van der Waals surface area contributed by atoms with Crippen LogP contribution >= 0.6 is 18.5 Å². The number of carbonyl (C=O) groups is 3. The van der Waals surface area contributed by atoms with E-state index in [0.29, 0.717) is 0 Å². The van der Waals surface area contributed by atoms with Gasteiger partial charge in [-0.2, -0.15) is 0 Å². The molecule has 204 valence electrons. The second-order valence-electron chi connectivity index (χ2n) is 10.1. The standard InChI is InChI=1S/C33H30ClO5P/c1-23(35)38-29-22-24(34)20-21-28(29)30(36)31(32(37)39-33(2,3)4)40(25-14-8-5-9-15-25,26-16-10-6-11-17-26)27-18-12-7-13-19-27/h5-22H,1-4H3. The van der Waals surface area contributed by atoms with Gasteiger partial charge in [0.15, 0.2) is 0 Å². The predicted octanol–water partition coefficient (Wildman–Crippen LogP) is 5.96. The Balaban J connectivity index is 2.26. The van der Waals surface area contributed by atoms with E-state index in [1.165, 1.54) is 25.1 Å². The quantitative estimate of drug-likeness (QED) is 0.0899. The molecule has 0 N–H and O–H groups in total. The third kappa shape index (κ3) is 6.12. The average Bonchev–Trinajstić information content (AvgIpc) is 2.91. The molecule has 5 nitrogen and oxygen atoms in total. The Morgan fingerprint density at radius 1 is 0.700 bits per heavy atom. The summed E-state index contributed by atoms with van der Waals surface area (Å²) < 4.78 is 11.4. The van der Waals surface area contributed by atoms with Crippen LogP contribution in [0.4, 0.5) is 0 Å². The van der Waals surface area contributed by atoms with Crippen molar-refractivity contribution in [3.8, 4) is 5.75 Å². The highest BCUT2D eigenvalue weighted by atomic mass is 35.5. The van der Waals surface area contributed by atoms with Gasteiger partial charge >= 0.3 is 11.9 Å². The molecular formula is C33H30ClO5P. The van der Waals surface area contributed by atoms with E-state index in [0.717, 1.165) is 15.9 Å². The summed E-state index contributed by atoms with van der Waals surface area (Å²) in [4.78, 5) is 41.1. The fraction of sp³-hybridized carbons (Fsp3) is 0.152. The van der Waals surface area contributed by atoms with Crippen molar-refractivity contribution in [2.24, 2.45) is 0 Å². The number of ketones is 1. The molecule has 0 spiro atoms. The van der Waals surface area contributed by atoms with Crippen LogP contribution in [0.2, 0.25) is 5.02 Å². The molecule has 0 aliphatic heterocycles. The first-order valence-electron chi connectivity index (χ1n) is 12.7. The molecule has 0 bridgehead atoms. The minimum absolute atomic E-state index is 0.0293. The minimum atomic E-state index is -3.17. The van der Waals surface area contributed by atoms with Gasteiger partial charge in [-0.05, 0) is 55.7 Å². The van der Waals surface area contributed by atoms with Crippen LogP contribution in [0.1, 0.15) is 38.1 Å². The maximum atomic E-state index is 14.8. The largest absolute Gasteiger partial charge is 0.456 e. The molecule has 7 heteroatoms. The highest BCUT2D eigenvalue weighted by molar-refractivity contribution is 7.97. The number of halogens is 1. The molecule has 0 aromatic heterocycles. The second kappa shape index (κ2) is 12.1. The molecule has 0 atom stereocenters. The van der Waals surface area contributed by atoms with Crippen LogP contribution in [-0.2, 0) is 14.3 Å². The summed E-state index contributed by atoms with van der Waals surface area (Å²) in [5, 5.41) is 2.63. The van der Waals surface area contributed by atoms with Gasteiger partial charge in [0, 0.05) is 18.0 Å². The van der Waals surface area contributed by atoms with Gasteiger partial charge in [0.1, 0.15) is 16.6 Å². The molecule has 0 heterocycles. The molecule has 4 rings (SSSR count). The van der Waals surface area contributed by atoms with Crippen LogP contribution in [0.25, 0.3) is 0 Å². The van der Waals surface area contributed by atoms with Gasteiger partial charge in [-0.1, -0.05) is 103 Å². The number of esters is 2. The summed E-state index contributed by atoms with van der Waals surface area (Å²) >= 11 is 6.22. The number of carbonyl (C=O) groups excluding carboxylic acids is 3. The van der Waals surface area contributed by atoms with Crippen molar-refractivity contribution in [3.05, 3.63) is 120 Å². The number of Topliss-reactive ketones (excluding diaryl/α,β-unsaturated/α-hetero) is 1. The lowest BCUT2D eigenvalue weighted by molar-refractivity contribution is -0.145. The zero-order valence-corrected chi connectivity index (χ0v) is 24.4. The van der Waals surface area contributed by atoms with Crippen LogP contribution in [0.5, 0.6) is 5.75 Å². The lowest BCUT2D eigenvalue weighted by Gasteiger charge is -2.32. The first-order chi connectivity index (χ1) is 19.0. The van der Waals surface area contributed by atoms with Gasteiger partial charge in [-0.3, -0.25) is 9.59 Å². The Labute approximate surface area is 239 Å². The van der Waals surface area contributed by atoms with Crippen LogP contribution in [0.15, 0.2) is 109 Å². The van der Waals surface area contributed by atoms with Gasteiger partial charge in [0.05, 0.1) is 5.56 Å². The van der Waals surface area contributed by atoms with Crippen molar-refractivity contribution in [1.29, 1.82) is 0 Å². The zero-order valence-electron chi connectivity index (χ0n) is 22.8. The summed E-state index contributed by atoms with van der Waals surface area (Å²) in [6.45, 7) is 3.34. The summed E-state index contributed by atoms with van der Waals surface area (Å²) in [6, 6.07) is 33.0. The third-order valence-electron chi connectivity index (χ3n) is 6.02. The fourth-order valence-electron chi connectivity index (χ4n) is 4.55. The number of hydrogen-bond donors (Lipinski definition) is 0. The van der Waals surface area contributed by atoms with E-state index < -0.39 is 30.2 Å². The molecule has 4 aromatic rings. The highest BCUT2D eigenvalue weighted by Crippen LogP contribution is 2.47. The molecule has 4 aromatic carbocycles. The lowest BCUT2D eigenvalue weighted by atomic mass is 10.1. The Bertz CT molecular complexity index is 1490. The van der Waals surface area contributed by atoms with Crippen molar-refractivity contribution in [1.82, 2.24) is 0 Å². The molecule has 0 fully saturated rings. The first-order valence-corrected chi connectivity index (χ1v) is 14.9. The number of hydrogen-bond acceptors (Lipinski definition) is 5. The molecule has 0 aliphatic carbocycles. The average molecular weight is 573 g/mol. The third-order valence-corrected chi connectivity index (χ3v) is 10.5. The molecule has 0 saturated carbocycles. The summed E-state index contributed by atoms with van der Waals surface area (Å²) in [5.41, 5.74) is -0.853. The van der Waals surface area contributed by atoms with E-state index in [1.807, 2.05) is 91.0 Å². The summed E-state index contributed by atoms with van der Waals surface area (Å²) in [7, 11) is 0. The summed E-state index contributed by atoms with van der Waals surface area (Å²) in [5.74, 6) is -2.00. The smallest absolute Gasteiger partial charge is 0.343 e. The highest BCUT2D eigenvalue weighted by Gasteiger charge is 2.40. The first kappa shape index (κ1) is 29.1. The van der Waals surface area contributed by atoms with Gasteiger partial charge in [-0.15, -0.1) is 0 Å². The molecule has 40 heavy (non-hydrogen) atoms. The Morgan fingerprint density at radius 3 is 1.55 bits per heavy atom. The van der Waals surface area contributed by atoms with Gasteiger partial charge in [0.2, 0.25) is 5.78 Å². The van der Waals surface area contributed by atoms with Gasteiger partial charge in [-0.25, -0.2) is 4.79 Å². The van der Waals surface area contributed by atoms with Crippen LogP contribution < -0.4 is 20.7 Å². The number of ether oxygens (including phenoxy) is 2. The number of rotatable bonds is 7. The zero-order chi connectivity index (χ0) is 28.9. The monoisotopic (exact) mass is 572 g/mol. The van der Waals surface area contributed by atoms with E-state index in [1.54, 1.807) is 20.8 Å². The molecule has 0 unspecified atom stereocenters. The van der Waals surface area contributed by atoms with Gasteiger partial charge < -0.3 is 9.47 Å². The van der Waals surface area contributed by atoms with Crippen molar-refractivity contribution < 1.29 is 23.9 Å². The van der Waals surface area contributed by atoms with E-state index >= 15 is 0 Å². The van der Waals surface area contributed by atoms with Crippen molar-refractivity contribution in [2.45, 2.75) is 33.3 Å². The normalized spacial score (nSPS) is 11.4. The molecule has 0 saturated heterocycles. The fourth-order valence-corrected chi connectivity index (χ4v) is 8.98. The molecular weight excluding hydrogens is 543 g/mol. The maximum Gasteiger partial charge on any atom is 0.343 e. The van der Waals surface area contributed by atoms with Gasteiger partial charge in [0.25, 0.3) is 0 Å². The lowest BCUT2D eigenvalue weighted by Crippen LogP contribution is -2.40. The van der Waals surface area contributed by atoms with E-state index in [4.69, 9.17) is 21.1 Å². The van der Waals surface area contributed by atoms with E-state index in [-0.39, 0.29) is 21.6 Å². The van der Waals surface area contributed by atoms with Crippen molar-refractivity contribution in [2.75, 3.05) is 0 Å². The maximum absolute atomic E-state index is 14.8. The molecule has 0 radical (unpaired) electrons. The van der Waals surface area contributed by atoms with Crippen LogP contribution in [0, 0.1) is 0 Å². The van der Waals surface area contributed by atoms with E-state index in [2.05, 4.69) is 0 Å². The Hall–Kier alpha value is -3.92. The Morgan fingerprint density at radius 2 is 1.15 bits per heavy atom. The van der Waals surface area contributed by atoms with Crippen molar-refractivity contribution >= 4 is 57.4 Å². The topological polar surface area (TPSA) is 69.7 Å².